The predicted molar refractivity (Wildman–Crippen MR) is 108 cm³/mol. The molecule has 0 unspecified atom stereocenters. The van der Waals surface area contributed by atoms with Crippen LogP contribution >= 0.6 is 15.9 Å². The number of hydrogen-bond donors (Lipinski definition) is 1. The molecule has 0 heterocycles. The van der Waals surface area contributed by atoms with Crippen molar-refractivity contribution in [1.82, 2.24) is 5.32 Å². The maximum atomic E-state index is 12.9. The van der Waals surface area contributed by atoms with Crippen LogP contribution in [0.5, 0.6) is 17.2 Å². The minimum absolute atomic E-state index is 0.0107. The van der Waals surface area contributed by atoms with Crippen molar-refractivity contribution in [2.45, 2.75) is 24.7 Å². The molecule has 1 N–H and O–H groups in total. The van der Waals surface area contributed by atoms with Crippen LogP contribution in [0.4, 0.5) is 0 Å². The molecule has 0 spiro atoms. The van der Waals surface area contributed by atoms with Crippen molar-refractivity contribution >= 4 is 21.8 Å². The van der Waals surface area contributed by atoms with Gasteiger partial charge in [0.15, 0.2) is 11.5 Å². The van der Waals surface area contributed by atoms with E-state index in [1.54, 1.807) is 19.2 Å². The molecular formula is C21H24BrNO4. The van der Waals surface area contributed by atoms with Crippen LogP contribution in [0.3, 0.4) is 0 Å². The topological polar surface area (TPSA) is 56.8 Å². The molecular weight excluding hydrogens is 410 g/mol. The fourth-order valence-corrected chi connectivity index (χ4v) is 4.01. The summed E-state index contributed by atoms with van der Waals surface area (Å²) < 4.78 is 17.1. The van der Waals surface area contributed by atoms with Crippen molar-refractivity contribution in [3.63, 3.8) is 0 Å². The smallest absolute Gasteiger partial charge is 0.255 e. The monoisotopic (exact) mass is 433 g/mol. The molecule has 144 valence electrons. The highest BCUT2D eigenvalue weighted by Crippen LogP contribution is 2.44. The summed E-state index contributed by atoms with van der Waals surface area (Å²) in [5.74, 6) is 1.13. The summed E-state index contributed by atoms with van der Waals surface area (Å²) in [5, 5.41) is 3.09. The van der Waals surface area contributed by atoms with Crippen molar-refractivity contribution in [3.05, 3.63) is 52.0 Å². The van der Waals surface area contributed by atoms with Crippen LogP contribution in [0.2, 0.25) is 0 Å². The van der Waals surface area contributed by atoms with Crippen molar-refractivity contribution in [3.8, 4) is 17.2 Å². The molecule has 0 aromatic heterocycles. The quantitative estimate of drug-likeness (QED) is 0.705. The van der Waals surface area contributed by atoms with E-state index in [0.29, 0.717) is 29.4 Å². The third kappa shape index (κ3) is 3.76. The standard InChI is InChI=1S/C21H24BrNO4/c1-25-17-9-8-16(18(26-2)19(17)27-3)20(24)23-13-21(10-5-11-21)14-6-4-7-15(22)12-14/h4,6-9,12H,5,10-11,13H2,1-3H3,(H,23,24). The zero-order chi connectivity index (χ0) is 19.4. The minimum Gasteiger partial charge on any atom is -0.493 e. The molecule has 0 bridgehead atoms. The van der Waals surface area contributed by atoms with Gasteiger partial charge in [0, 0.05) is 16.4 Å². The number of carbonyl (C=O) groups excluding carboxylic acids is 1. The Morgan fingerprint density at radius 2 is 1.81 bits per heavy atom. The Kier molecular flexibility index (Phi) is 5.95. The Balaban J connectivity index is 1.81. The third-order valence-electron chi connectivity index (χ3n) is 5.28. The second-order valence-electron chi connectivity index (χ2n) is 6.71. The van der Waals surface area contributed by atoms with Crippen molar-refractivity contribution in [2.24, 2.45) is 0 Å². The van der Waals surface area contributed by atoms with E-state index in [9.17, 15) is 4.79 Å². The highest BCUT2D eigenvalue weighted by Gasteiger charge is 2.39. The van der Waals surface area contributed by atoms with E-state index in [2.05, 4.69) is 33.4 Å². The van der Waals surface area contributed by atoms with Crippen LogP contribution in [0.25, 0.3) is 0 Å². The molecule has 3 rings (SSSR count). The fraction of sp³-hybridized carbons (Fsp3) is 0.381. The van der Waals surface area contributed by atoms with Crippen molar-refractivity contribution in [2.75, 3.05) is 27.9 Å². The van der Waals surface area contributed by atoms with Crippen LogP contribution in [0.15, 0.2) is 40.9 Å². The number of hydrogen-bond acceptors (Lipinski definition) is 4. The third-order valence-corrected chi connectivity index (χ3v) is 5.78. The second-order valence-corrected chi connectivity index (χ2v) is 7.62. The number of methoxy groups -OCH3 is 3. The van der Waals surface area contributed by atoms with E-state index in [-0.39, 0.29) is 11.3 Å². The molecule has 1 aliphatic rings. The molecule has 2 aromatic carbocycles. The largest absolute Gasteiger partial charge is 0.493 e. The summed E-state index contributed by atoms with van der Waals surface area (Å²) in [4.78, 5) is 12.9. The average molecular weight is 434 g/mol. The van der Waals surface area contributed by atoms with Gasteiger partial charge < -0.3 is 19.5 Å². The number of nitrogens with one attached hydrogen (secondary N) is 1. The summed E-state index contributed by atoms with van der Waals surface area (Å²) in [5.41, 5.74) is 1.67. The lowest BCUT2D eigenvalue weighted by Crippen LogP contribution is -2.45. The van der Waals surface area contributed by atoms with Crippen molar-refractivity contribution < 1.29 is 19.0 Å². The van der Waals surface area contributed by atoms with E-state index >= 15 is 0 Å². The molecule has 2 aromatic rings. The Hall–Kier alpha value is -2.21. The Morgan fingerprint density at radius 3 is 2.37 bits per heavy atom. The van der Waals surface area contributed by atoms with Gasteiger partial charge in [-0.1, -0.05) is 34.5 Å². The predicted octanol–water partition coefficient (Wildman–Crippen LogP) is 4.33. The van der Waals surface area contributed by atoms with Gasteiger partial charge >= 0.3 is 0 Å². The van der Waals surface area contributed by atoms with Gasteiger partial charge in [-0.25, -0.2) is 0 Å². The van der Waals surface area contributed by atoms with Gasteiger partial charge in [-0.15, -0.1) is 0 Å². The number of ether oxygens (including phenoxy) is 3. The fourth-order valence-electron chi connectivity index (χ4n) is 3.61. The summed E-state index contributed by atoms with van der Waals surface area (Å²) in [6.45, 7) is 0.583. The van der Waals surface area contributed by atoms with E-state index < -0.39 is 0 Å². The first kappa shape index (κ1) is 19.5. The van der Waals surface area contributed by atoms with Crippen LogP contribution < -0.4 is 19.5 Å². The molecule has 0 aliphatic heterocycles. The lowest BCUT2D eigenvalue weighted by atomic mass is 9.64. The lowest BCUT2D eigenvalue weighted by molar-refractivity contribution is 0.0924. The Morgan fingerprint density at radius 1 is 1.07 bits per heavy atom. The highest BCUT2D eigenvalue weighted by molar-refractivity contribution is 9.10. The summed E-state index contributed by atoms with van der Waals surface area (Å²) in [6.07, 6.45) is 3.29. The van der Waals surface area contributed by atoms with Crippen LogP contribution in [0, 0.1) is 0 Å². The number of carbonyl (C=O) groups is 1. The first-order valence-corrected chi connectivity index (χ1v) is 9.67. The highest BCUT2D eigenvalue weighted by atomic mass is 79.9. The van der Waals surface area contributed by atoms with Gasteiger partial charge in [-0.2, -0.15) is 0 Å². The van der Waals surface area contributed by atoms with Gasteiger partial charge in [0.2, 0.25) is 5.75 Å². The van der Waals surface area contributed by atoms with Crippen molar-refractivity contribution in [1.29, 1.82) is 0 Å². The van der Waals surface area contributed by atoms with Gasteiger partial charge in [-0.3, -0.25) is 4.79 Å². The number of amides is 1. The average Bonchev–Trinajstić information content (AvgIpc) is 2.65. The zero-order valence-corrected chi connectivity index (χ0v) is 17.4. The zero-order valence-electron chi connectivity index (χ0n) is 15.8. The summed E-state index contributed by atoms with van der Waals surface area (Å²) in [7, 11) is 4.59. The van der Waals surface area contributed by atoms with Gasteiger partial charge in [0.25, 0.3) is 5.91 Å². The lowest BCUT2D eigenvalue weighted by Gasteiger charge is -2.42. The molecule has 0 radical (unpaired) electrons. The van der Waals surface area contributed by atoms with Crippen LogP contribution in [-0.4, -0.2) is 33.8 Å². The van der Waals surface area contributed by atoms with E-state index in [1.165, 1.54) is 26.2 Å². The normalized spacial score (nSPS) is 14.8. The Bertz CT molecular complexity index is 833. The molecule has 1 fully saturated rings. The first-order valence-electron chi connectivity index (χ1n) is 8.88. The molecule has 6 heteroatoms. The number of halogens is 1. The second kappa shape index (κ2) is 8.21. The van der Waals surface area contributed by atoms with Crippen LogP contribution in [0.1, 0.15) is 35.2 Å². The van der Waals surface area contributed by atoms with Gasteiger partial charge in [-0.05, 0) is 42.7 Å². The van der Waals surface area contributed by atoms with Crippen LogP contribution in [-0.2, 0) is 5.41 Å². The molecule has 0 atom stereocenters. The molecule has 1 aliphatic carbocycles. The number of rotatable bonds is 7. The van der Waals surface area contributed by atoms with Gasteiger partial charge in [0.05, 0.1) is 26.9 Å². The number of benzene rings is 2. The molecule has 0 saturated heterocycles. The minimum atomic E-state index is -0.186. The first-order chi connectivity index (χ1) is 13.0. The molecule has 1 saturated carbocycles. The SMILES string of the molecule is COc1ccc(C(=O)NCC2(c3cccc(Br)c3)CCC2)c(OC)c1OC. The van der Waals surface area contributed by atoms with E-state index in [1.807, 2.05) is 12.1 Å². The summed E-state index contributed by atoms with van der Waals surface area (Å²) >= 11 is 3.54. The Labute approximate surface area is 168 Å². The molecule has 27 heavy (non-hydrogen) atoms. The molecule has 1 amide bonds. The molecule has 5 nitrogen and oxygen atoms in total. The van der Waals surface area contributed by atoms with E-state index in [0.717, 1.165) is 17.3 Å². The summed E-state index contributed by atoms with van der Waals surface area (Å²) in [6, 6.07) is 11.7. The van der Waals surface area contributed by atoms with E-state index in [4.69, 9.17) is 14.2 Å². The maximum Gasteiger partial charge on any atom is 0.255 e. The van der Waals surface area contributed by atoms with Gasteiger partial charge in [0.1, 0.15) is 0 Å². The maximum absolute atomic E-state index is 12.9.